The molecule has 1 aliphatic heterocycles. The predicted octanol–water partition coefficient (Wildman–Crippen LogP) is 2.66. The number of fused-ring (bicyclic) bond motifs is 1. The highest BCUT2D eigenvalue weighted by Crippen LogP contribution is 2.35. The smallest absolute Gasteiger partial charge is 0.266 e. The van der Waals surface area contributed by atoms with E-state index < -0.39 is 0 Å². The summed E-state index contributed by atoms with van der Waals surface area (Å²) in [6.07, 6.45) is 1.99. The summed E-state index contributed by atoms with van der Waals surface area (Å²) in [6.45, 7) is 3.98. The van der Waals surface area contributed by atoms with Gasteiger partial charge < -0.3 is 9.84 Å². The van der Waals surface area contributed by atoms with Crippen LogP contribution in [0.1, 0.15) is 35.5 Å². The van der Waals surface area contributed by atoms with E-state index in [9.17, 15) is 4.79 Å². The van der Waals surface area contributed by atoms with Crippen LogP contribution in [0.25, 0.3) is 0 Å². The van der Waals surface area contributed by atoms with E-state index in [1.807, 2.05) is 38.1 Å². The molecule has 0 fully saturated rings. The maximum atomic E-state index is 11.7. The molecule has 2 heterocycles. The number of amides is 1. The summed E-state index contributed by atoms with van der Waals surface area (Å²) in [5.41, 5.74) is 3.45. The minimum atomic E-state index is -0.311. The lowest BCUT2D eigenvalue weighted by Crippen LogP contribution is -2.12. The minimum Gasteiger partial charge on any atom is -0.359 e. The SMILES string of the molecule is CCc1onc2c1NC(=O)C=NC2c1ccccc1C. The topological polar surface area (TPSA) is 67.5 Å². The molecule has 0 saturated heterocycles. The van der Waals surface area contributed by atoms with Gasteiger partial charge in [0.05, 0.1) is 6.21 Å². The van der Waals surface area contributed by atoms with Crippen molar-refractivity contribution >= 4 is 17.8 Å². The Morgan fingerprint density at radius 3 is 2.90 bits per heavy atom. The van der Waals surface area contributed by atoms with Gasteiger partial charge in [-0.1, -0.05) is 36.3 Å². The molecule has 0 saturated carbocycles. The highest BCUT2D eigenvalue weighted by Gasteiger charge is 2.28. The molecule has 2 aromatic rings. The lowest BCUT2D eigenvalue weighted by atomic mass is 9.98. The Balaban J connectivity index is 2.17. The summed E-state index contributed by atoms with van der Waals surface area (Å²) in [7, 11) is 0. The first-order valence-electron chi connectivity index (χ1n) is 6.58. The van der Waals surface area contributed by atoms with Gasteiger partial charge in [0.15, 0.2) is 5.76 Å². The van der Waals surface area contributed by atoms with Crippen molar-refractivity contribution in [2.24, 2.45) is 4.99 Å². The third-order valence-corrected chi connectivity index (χ3v) is 3.44. The number of carbonyl (C=O) groups excluding carboxylic acids is 1. The fourth-order valence-electron chi connectivity index (χ4n) is 2.39. The molecule has 0 bridgehead atoms. The highest BCUT2D eigenvalue weighted by molar-refractivity contribution is 6.32. The molecule has 5 nitrogen and oxygen atoms in total. The first kappa shape index (κ1) is 12.6. The van der Waals surface area contributed by atoms with Gasteiger partial charge in [-0.25, -0.2) is 0 Å². The van der Waals surface area contributed by atoms with Crippen molar-refractivity contribution in [1.82, 2.24) is 5.16 Å². The van der Waals surface area contributed by atoms with E-state index in [0.29, 0.717) is 23.6 Å². The molecule has 1 aromatic carbocycles. The quantitative estimate of drug-likeness (QED) is 0.911. The van der Waals surface area contributed by atoms with Crippen LogP contribution < -0.4 is 5.32 Å². The number of benzene rings is 1. The van der Waals surface area contributed by atoms with E-state index in [2.05, 4.69) is 15.5 Å². The van der Waals surface area contributed by atoms with Crippen molar-refractivity contribution < 1.29 is 9.32 Å². The van der Waals surface area contributed by atoms with Gasteiger partial charge >= 0.3 is 0 Å². The maximum absolute atomic E-state index is 11.7. The number of carbonyl (C=O) groups is 1. The summed E-state index contributed by atoms with van der Waals surface area (Å²) < 4.78 is 5.32. The van der Waals surface area contributed by atoms with Crippen LogP contribution in [0.15, 0.2) is 33.8 Å². The van der Waals surface area contributed by atoms with Crippen molar-refractivity contribution in [3.05, 3.63) is 46.8 Å². The number of nitrogens with zero attached hydrogens (tertiary/aromatic N) is 2. The van der Waals surface area contributed by atoms with Crippen LogP contribution in [0.2, 0.25) is 0 Å². The van der Waals surface area contributed by atoms with Gasteiger partial charge in [0, 0.05) is 6.42 Å². The number of hydrogen-bond acceptors (Lipinski definition) is 4. The molecule has 102 valence electrons. The van der Waals surface area contributed by atoms with E-state index in [-0.39, 0.29) is 11.9 Å². The Hall–Kier alpha value is -2.43. The molecule has 0 aliphatic carbocycles. The van der Waals surface area contributed by atoms with Crippen molar-refractivity contribution in [3.63, 3.8) is 0 Å². The van der Waals surface area contributed by atoms with Crippen LogP contribution in [0.5, 0.6) is 0 Å². The zero-order valence-corrected chi connectivity index (χ0v) is 11.4. The monoisotopic (exact) mass is 269 g/mol. The van der Waals surface area contributed by atoms with Crippen LogP contribution in [-0.4, -0.2) is 17.3 Å². The molecule has 1 aliphatic rings. The third-order valence-electron chi connectivity index (χ3n) is 3.44. The van der Waals surface area contributed by atoms with Gasteiger partial charge in [-0.15, -0.1) is 0 Å². The molecule has 20 heavy (non-hydrogen) atoms. The standard InChI is InChI=1S/C15H15N3O2/c1-3-11-14-15(18-20-11)13(16-8-12(19)17-14)10-7-5-4-6-9(10)2/h4-8,13H,3H2,1-2H3,(H,17,19). The molecule has 1 N–H and O–H groups in total. The molecular formula is C15H15N3O2. The van der Waals surface area contributed by atoms with Gasteiger partial charge in [0.2, 0.25) is 0 Å². The highest BCUT2D eigenvalue weighted by atomic mass is 16.5. The molecule has 0 radical (unpaired) electrons. The summed E-state index contributed by atoms with van der Waals surface area (Å²) in [5, 5.41) is 6.91. The average molecular weight is 269 g/mol. The van der Waals surface area contributed by atoms with Crippen molar-refractivity contribution in [2.75, 3.05) is 5.32 Å². The van der Waals surface area contributed by atoms with E-state index in [0.717, 1.165) is 11.1 Å². The van der Waals surface area contributed by atoms with Crippen molar-refractivity contribution in [1.29, 1.82) is 0 Å². The third kappa shape index (κ3) is 2.01. The average Bonchev–Trinajstić information content (AvgIpc) is 2.76. The van der Waals surface area contributed by atoms with Gasteiger partial charge in [-0.3, -0.25) is 9.79 Å². The van der Waals surface area contributed by atoms with Crippen LogP contribution >= 0.6 is 0 Å². The van der Waals surface area contributed by atoms with Crippen LogP contribution in [0.4, 0.5) is 5.69 Å². The largest absolute Gasteiger partial charge is 0.359 e. The lowest BCUT2D eigenvalue weighted by Gasteiger charge is -2.12. The van der Waals surface area contributed by atoms with Gasteiger partial charge in [0.25, 0.3) is 5.91 Å². The Kier molecular flexibility index (Phi) is 3.10. The number of aromatic nitrogens is 1. The van der Waals surface area contributed by atoms with E-state index in [1.165, 1.54) is 6.21 Å². The second-order valence-electron chi connectivity index (χ2n) is 4.75. The first-order chi connectivity index (χ1) is 9.70. The van der Waals surface area contributed by atoms with Crippen LogP contribution in [-0.2, 0) is 11.2 Å². The van der Waals surface area contributed by atoms with Crippen molar-refractivity contribution in [3.8, 4) is 0 Å². The molecule has 1 amide bonds. The van der Waals surface area contributed by atoms with Gasteiger partial charge in [-0.05, 0) is 18.1 Å². The number of aliphatic imine (C=N–C) groups is 1. The number of hydrogen-bond donors (Lipinski definition) is 1. The predicted molar refractivity (Wildman–Crippen MR) is 76.0 cm³/mol. The molecule has 0 spiro atoms. The van der Waals surface area contributed by atoms with Gasteiger partial charge in [-0.2, -0.15) is 0 Å². The first-order valence-corrected chi connectivity index (χ1v) is 6.58. The Labute approximate surface area is 116 Å². The van der Waals surface area contributed by atoms with Crippen LogP contribution in [0.3, 0.4) is 0 Å². The van der Waals surface area contributed by atoms with E-state index in [4.69, 9.17) is 4.52 Å². The number of rotatable bonds is 2. The molecular weight excluding hydrogens is 254 g/mol. The zero-order chi connectivity index (χ0) is 14.1. The minimum absolute atomic E-state index is 0.250. The molecule has 1 atom stereocenters. The Bertz CT molecular complexity index is 688. The molecule has 5 heteroatoms. The Morgan fingerprint density at radius 2 is 2.15 bits per heavy atom. The van der Waals surface area contributed by atoms with Gasteiger partial charge in [0.1, 0.15) is 17.4 Å². The summed E-state index contributed by atoms with van der Waals surface area (Å²) >= 11 is 0. The number of nitrogens with one attached hydrogen (secondary N) is 1. The number of anilines is 1. The summed E-state index contributed by atoms with van der Waals surface area (Å²) in [6, 6.07) is 7.64. The summed E-state index contributed by atoms with van der Waals surface area (Å²) in [5.74, 6) is 0.428. The second-order valence-corrected chi connectivity index (χ2v) is 4.75. The van der Waals surface area contributed by atoms with Crippen LogP contribution in [0, 0.1) is 6.92 Å². The Morgan fingerprint density at radius 1 is 1.35 bits per heavy atom. The normalized spacial score (nSPS) is 17.5. The van der Waals surface area contributed by atoms with E-state index in [1.54, 1.807) is 0 Å². The fraction of sp³-hybridized carbons (Fsp3) is 0.267. The van der Waals surface area contributed by atoms with E-state index >= 15 is 0 Å². The maximum Gasteiger partial charge on any atom is 0.266 e. The summed E-state index contributed by atoms with van der Waals surface area (Å²) in [4.78, 5) is 16.1. The molecule has 1 aromatic heterocycles. The molecule has 1 unspecified atom stereocenters. The van der Waals surface area contributed by atoms with Crippen molar-refractivity contribution in [2.45, 2.75) is 26.3 Å². The number of aryl methyl sites for hydroxylation is 2. The lowest BCUT2D eigenvalue weighted by molar-refractivity contribution is -0.109. The second kappa shape index (κ2) is 4.92. The fourth-order valence-corrected chi connectivity index (χ4v) is 2.39. The molecule has 3 rings (SSSR count). The zero-order valence-electron chi connectivity index (χ0n) is 11.4.